The molecule has 7 aromatic rings. The maximum atomic E-state index is 2.63. The van der Waals surface area contributed by atoms with Gasteiger partial charge in [-0.3, -0.25) is 0 Å². The molecule has 0 unspecified atom stereocenters. The molecule has 0 bridgehead atoms. The van der Waals surface area contributed by atoms with E-state index in [-0.39, 0.29) is 39.2 Å². The van der Waals surface area contributed by atoms with Crippen LogP contribution < -0.4 is 31.1 Å². The molecule has 3 nitrogen and oxygen atoms in total. The van der Waals surface area contributed by atoms with E-state index in [1.54, 1.807) is 0 Å². The Hall–Kier alpha value is -6.00. The zero-order valence-electron chi connectivity index (χ0n) is 46.7. The average Bonchev–Trinajstić information content (AvgIpc) is 3.27. The molecule has 0 radical (unpaired) electrons. The van der Waals surface area contributed by atoms with Gasteiger partial charge in [-0.15, -0.1) is 0 Å². The van der Waals surface area contributed by atoms with E-state index >= 15 is 0 Å². The largest absolute Gasteiger partial charge is 0.311 e. The fourth-order valence-corrected chi connectivity index (χ4v) is 11.1. The van der Waals surface area contributed by atoms with E-state index in [9.17, 15) is 0 Å². The molecule has 0 spiro atoms. The molecule has 0 fully saturated rings. The summed E-state index contributed by atoms with van der Waals surface area (Å²) in [5, 5.41) is 0. The highest BCUT2D eigenvalue weighted by atomic mass is 15.2. The highest BCUT2D eigenvalue weighted by Crippen LogP contribution is 2.50. The number of nitrogens with zero attached hydrogens (tertiary/aromatic N) is 3. The molecule has 2 heterocycles. The fourth-order valence-electron chi connectivity index (χ4n) is 11.1. The third kappa shape index (κ3) is 9.15. The van der Waals surface area contributed by atoms with Crippen LogP contribution in [0, 0.1) is 6.92 Å². The molecular weight excluding hydrogens is 858 g/mol. The predicted molar refractivity (Wildman–Crippen MR) is 312 cm³/mol. The number of hydrogen-bond acceptors (Lipinski definition) is 3. The van der Waals surface area contributed by atoms with Crippen molar-refractivity contribution in [3.05, 3.63) is 178 Å². The normalized spacial score (nSPS) is 14.0. The summed E-state index contributed by atoms with van der Waals surface area (Å²) in [6.07, 6.45) is 0. The third-order valence-electron chi connectivity index (χ3n) is 15.4. The van der Waals surface area contributed by atoms with E-state index in [1.807, 2.05) is 0 Å². The monoisotopic (exact) mass is 938 g/mol. The Morgan fingerprint density at radius 2 is 0.704 bits per heavy atom. The average molecular weight is 938 g/mol. The molecular formula is C67H80BN3. The molecule has 2 aliphatic heterocycles. The van der Waals surface area contributed by atoms with E-state index in [1.165, 1.54) is 83.8 Å². The van der Waals surface area contributed by atoms with Gasteiger partial charge in [0.25, 0.3) is 6.71 Å². The molecule has 7 aromatic carbocycles. The Morgan fingerprint density at radius 3 is 1.11 bits per heavy atom. The Kier molecular flexibility index (Phi) is 12.0. The minimum absolute atomic E-state index is 0.0124. The summed E-state index contributed by atoms with van der Waals surface area (Å²) in [6.45, 7) is 44.1. The summed E-state index contributed by atoms with van der Waals surface area (Å²) >= 11 is 0. The van der Waals surface area contributed by atoms with Gasteiger partial charge in [-0.2, -0.15) is 0 Å². The van der Waals surface area contributed by atoms with Gasteiger partial charge >= 0.3 is 0 Å². The number of anilines is 9. The van der Waals surface area contributed by atoms with E-state index in [0.717, 1.165) is 22.7 Å². The van der Waals surface area contributed by atoms with Gasteiger partial charge in [-0.1, -0.05) is 191 Å². The molecule has 9 rings (SSSR count). The van der Waals surface area contributed by atoms with E-state index < -0.39 is 0 Å². The van der Waals surface area contributed by atoms with Gasteiger partial charge in [-0.25, -0.2) is 0 Å². The lowest BCUT2D eigenvalue weighted by atomic mass is 9.33. The first kappa shape index (κ1) is 50.0. The van der Waals surface area contributed by atoms with Crippen molar-refractivity contribution >= 4 is 74.3 Å². The highest BCUT2D eigenvalue weighted by molar-refractivity contribution is 7.00. The maximum Gasteiger partial charge on any atom is 0.252 e. The van der Waals surface area contributed by atoms with Gasteiger partial charge in [-0.05, 0) is 168 Å². The topological polar surface area (TPSA) is 9.72 Å². The SMILES string of the molecule is Cc1c(C(C)(C)C)ccc2c1N(c1ccc(C(C)(C)C)cc1)c1cc(C(C)(C)C)cc3c1B2c1ccc(N(c2ccc(C(C)(C)C)cc2)c2ccc(C(C)(C)C)cc2)cc1N3c1ccc(C(C)(C)C)cc1. The lowest BCUT2D eigenvalue weighted by Crippen LogP contribution is -2.61. The summed E-state index contributed by atoms with van der Waals surface area (Å²) < 4.78 is 0. The zero-order chi connectivity index (χ0) is 51.5. The van der Waals surface area contributed by atoms with Crippen molar-refractivity contribution in [2.45, 2.75) is 164 Å². The van der Waals surface area contributed by atoms with Crippen molar-refractivity contribution in [1.29, 1.82) is 0 Å². The fraction of sp³-hybridized carbons (Fsp3) is 0.373. The number of benzene rings is 7. The summed E-state index contributed by atoms with van der Waals surface area (Å²) in [5.74, 6) is 0. The number of hydrogen-bond donors (Lipinski definition) is 0. The molecule has 0 aromatic heterocycles. The van der Waals surface area contributed by atoms with Crippen LogP contribution in [0.25, 0.3) is 0 Å². The summed E-state index contributed by atoms with van der Waals surface area (Å²) in [7, 11) is 0. The van der Waals surface area contributed by atoms with Crippen LogP contribution in [0.3, 0.4) is 0 Å². The second kappa shape index (κ2) is 17.1. The van der Waals surface area contributed by atoms with Crippen LogP contribution in [0.1, 0.15) is 164 Å². The first-order chi connectivity index (χ1) is 32.9. The zero-order valence-corrected chi connectivity index (χ0v) is 46.7. The van der Waals surface area contributed by atoms with Gasteiger partial charge in [0.1, 0.15) is 0 Å². The van der Waals surface area contributed by atoms with Crippen molar-refractivity contribution in [2.24, 2.45) is 0 Å². The summed E-state index contributed by atoms with van der Waals surface area (Å²) in [4.78, 5) is 7.69. The lowest BCUT2D eigenvalue weighted by molar-refractivity contribution is 0.586. The number of fused-ring (bicyclic) bond motifs is 4. The van der Waals surface area contributed by atoms with Crippen LogP contribution >= 0.6 is 0 Å². The van der Waals surface area contributed by atoms with Crippen LogP contribution in [0.4, 0.5) is 51.2 Å². The molecule has 0 N–H and O–H groups in total. The molecule has 0 amide bonds. The molecule has 71 heavy (non-hydrogen) atoms. The van der Waals surface area contributed by atoms with Crippen molar-refractivity contribution < 1.29 is 0 Å². The lowest BCUT2D eigenvalue weighted by Gasteiger charge is -2.46. The van der Waals surface area contributed by atoms with Crippen LogP contribution in [0.5, 0.6) is 0 Å². The number of rotatable bonds is 5. The van der Waals surface area contributed by atoms with E-state index in [4.69, 9.17) is 0 Å². The second-order valence-electron chi connectivity index (χ2n) is 27.0. The van der Waals surface area contributed by atoms with Crippen molar-refractivity contribution in [2.75, 3.05) is 14.7 Å². The highest BCUT2D eigenvalue weighted by Gasteiger charge is 2.45. The van der Waals surface area contributed by atoms with Crippen molar-refractivity contribution in [3.8, 4) is 0 Å². The maximum absolute atomic E-state index is 2.63. The van der Waals surface area contributed by atoms with Crippen LogP contribution in [-0.4, -0.2) is 6.71 Å². The van der Waals surface area contributed by atoms with Crippen LogP contribution in [-0.2, 0) is 32.5 Å². The molecule has 0 aliphatic carbocycles. The van der Waals surface area contributed by atoms with Gasteiger partial charge in [0.2, 0.25) is 0 Å². The molecule has 4 heteroatoms. The summed E-state index contributed by atoms with van der Waals surface area (Å²) in [5.41, 5.74) is 24.0. The Morgan fingerprint density at radius 1 is 0.338 bits per heavy atom. The minimum atomic E-state index is -0.134. The smallest absolute Gasteiger partial charge is 0.252 e. The first-order valence-corrected chi connectivity index (χ1v) is 26.2. The molecule has 0 saturated carbocycles. The third-order valence-corrected chi connectivity index (χ3v) is 15.4. The van der Waals surface area contributed by atoms with Crippen molar-refractivity contribution in [1.82, 2.24) is 0 Å². The standard InChI is InChI=1S/C67H80BN3/c1-43-54(67(17,18)19)37-39-56-61(43)71(52-34-26-47(27-35-52)65(11,12)13)59-41-48(66(14,15)16)40-58-60(59)68(56)55-38-36-53(42-57(55)70(58)51-32-24-46(25-33-51)64(8,9)10)69(49-28-20-44(21-29-49)62(2,3)4)50-30-22-45(23-31-50)63(5,6)7/h20-42H,1-19H3. The van der Waals surface area contributed by atoms with Crippen LogP contribution in [0.2, 0.25) is 0 Å². The minimum Gasteiger partial charge on any atom is -0.311 e. The van der Waals surface area contributed by atoms with Gasteiger partial charge in [0.15, 0.2) is 0 Å². The van der Waals surface area contributed by atoms with E-state index in [0.29, 0.717) is 0 Å². The molecule has 0 saturated heterocycles. The predicted octanol–water partition coefficient (Wildman–Crippen LogP) is 17.3. The quantitative estimate of drug-likeness (QED) is 0.159. The van der Waals surface area contributed by atoms with Crippen LogP contribution in [0.15, 0.2) is 140 Å². The molecule has 2 aliphatic rings. The van der Waals surface area contributed by atoms with E-state index in [2.05, 4.69) is 286 Å². The Labute approximate surface area is 429 Å². The van der Waals surface area contributed by atoms with Gasteiger partial charge in [0.05, 0.1) is 0 Å². The second-order valence-corrected chi connectivity index (χ2v) is 27.0. The first-order valence-electron chi connectivity index (χ1n) is 26.2. The van der Waals surface area contributed by atoms with Gasteiger partial charge in [0, 0.05) is 51.2 Å². The molecule has 366 valence electrons. The Balaban J connectivity index is 1.38. The van der Waals surface area contributed by atoms with Gasteiger partial charge < -0.3 is 14.7 Å². The molecule has 0 atom stereocenters. The summed E-state index contributed by atoms with van der Waals surface area (Å²) in [6, 6.07) is 54.7. The van der Waals surface area contributed by atoms with Crippen molar-refractivity contribution in [3.63, 3.8) is 0 Å². The Bertz CT molecular complexity index is 3060.